The summed E-state index contributed by atoms with van der Waals surface area (Å²) >= 11 is 0. The fourth-order valence-electron chi connectivity index (χ4n) is 10.2. The zero-order valence-electron chi connectivity index (χ0n) is 27.2. The van der Waals surface area contributed by atoms with Gasteiger partial charge in [-0.1, -0.05) is 62.1 Å². The van der Waals surface area contributed by atoms with Crippen LogP contribution in [0.5, 0.6) is 17.2 Å². The Bertz CT molecular complexity index is 1370. The van der Waals surface area contributed by atoms with Crippen molar-refractivity contribution in [1.82, 2.24) is 9.80 Å². The summed E-state index contributed by atoms with van der Waals surface area (Å²) in [5.41, 5.74) is 3.40. The highest BCUT2D eigenvalue weighted by atomic mass is 16.5. The summed E-state index contributed by atoms with van der Waals surface area (Å²) in [6, 6.07) is 12.8. The normalized spacial score (nSPS) is 28.6. The van der Waals surface area contributed by atoms with Crippen LogP contribution in [0, 0.1) is 11.8 Å². The van der Waals surface area contributed by atoms with E-state index in [0.717, 1.165) is 82.3 Å². The molecule has 2 bridgehead atoms. The van der Waals surface area contributed by atoms with E-state index in [9.17, 15) is 9.90 Å². The SMILES string of the molecule is C=CCN1CC[C@]23c4c5c(O)cc(OC)c4O[C@H]2[C@H](N(CC2CCCCC2)C(=O)CCCCCc2ccccc2)CC[C@H]3[C@H]1C5. The summed E-state index contributed by atoms with van der Waals surface area (Å²) < 4.78 is 12.9. The number of methoxy groups -OCH3 is 1. The molecule has 2 aliphatic heterocycles. The molecule has 242 valence electrons. The van der Waals surface area contributed by atoms with Crippen molar-refractivity contribution in [3.63, 3.8) is 0 Å². The maximum Gasteiger partial charge on any atom is 0.222 e. The third-order valence-corrected chi connectivity index (χ3v) is 12.2. The summed E-state index contributed by atoms with van der Waals surface area (Å²) in [5, 5.41) is 11.3. The summed E-state index contributed by atoms with van der Waals surface area (Å²) in [6.45, 7) is 6.75. The number of piperidine rings is 1. The second-order valence-corrected chi connectivity index (χ2v) is 14.5. The lowest BCUT2D eigenvalue weighted by Crippen LogP contribution is -2.69. The third-order valence-electron chi connectivity index (χ3n) is 12.2. The number of hydrogen-bond donors (Lipinski definition) is 1. The molecule has 1 spiro atoms. The lowest BCUT2D eigenvalue weighted by atomic mass is 9.50. The molecule has 1 N–H and O–H groups in total. The summed E-state index contributed by atoms with van der Waals surface area (Å²) in [4.78, 5) is 19.2. The van der Waals surface area contributed by atoms with E-state index in [-0.39, 0.29) is 17.6 Å². The van der Waals surface area contributed by atoms with Crippen LogP contribution in [0.1, 0.15) is 93.7 Å². The van der Waals surface area contributed by atoms with Gasteiger partial charge in [-0.25, -0.2) is 0 Å². The second kappa shape index (κ2) is 13.0. The fourth-order valence-corrected chi connectivity index (χ4v) is 10.2. The van der Waals surface area contributed by atoms with E-state index < -0.39 is 0 Å². The Labute approximate surface area is 269 Å². The zero-order valence-corrected chi connectivity index (χ0v) is 27.2. The fraction of sp³-hybridized carbons (Fsp3) is 0.615. The smallest absolute Gasteiger partial charge is 0.222 e. The number of carbonyl (C=O) groups excluding carboxylic acids is 1. The Morgan fingerprint density at radius 2 is 1.96 bits per heavy atom. The van der Waals surface area contributed by atoms with Gasteiger partial charge in [0, 0.05) is 48.2 Å². The maximum absolute atomic E-state index is 14.3. The zero-order chi connectivity index (χ0) is 31.0. The van der Waals surface area contributed by atoms with Crippen LogP contribution in [0.15, 0.2) is 49.1 Å². The number of hydrogen-bond acceptors (Lipinski definition) is 5. The van der Waals surface area contributed by atoms with E-state index in [1.165, 1.54) is 43.2 Å². The number of ether oxygens (including phenoxy) is 2. The van der Waals surface area contributed by atoms with Gasteiger partial charge in [0.2, 0.25) is 5.91 Å². The highest BCUT2D eigenvalue weighted by Crippen LogP contribution is 2.65. The van der Waals surface area contributed by atoms with Crippen molar-refractivity contribution in [2.75, 3.05) is 26.7 Å². The Balaban J connectivity index is 1.17. The number of nitrogens with zero attached hydrogens (tertiary/aromatic N) is 2. The number of rotatable bonds is 12. The van der Waals surface area contributed by atoms with Crippen LogP contribution in [0.25, 0.3) is 0 Å². The standard InChI is InChI=1S/C39H52N2O4/c1-3-22-40-23-21-39-30-19-20-31(38(39)45-37-34(44-2)25-33(42)29(36(37)39)24-32(30)40)41(26-28-16-10-5-11-17-28)35(43)18-12-6-9-15-27-13-7-4-8-14-27/h3-4,7-8,13-14,25,28,30-32,38,42H,1,5-6,9-12,15-24,26H2,2H3/t30-,31+,32+,38-,39-/m0/s1. The van der Waals surface area contributed by atoms with Gasteiger partial charge in [-0.3, -0.25) is 9.69 Å². The molecule has 0 unspecified atom stereocenters. The van der Waals surface area contributed by atoms with E-state index in [0.29, 0.717) is 41.7 Å². The maximum atomic E-state index is 14.3. The first-order valence-corrected chi connectivity index (χ1v) is 17.8. The number of aromatic hydroxyl groups is 1. The molecule has 2 aromatic carbocycles. The van der Waals surface area contributed by atoms with Crippen molar-refractivity contribution in [3.05, 3.63) is 65.7 Å². The van der Waals surface area contributed by atoms with Gasteiger partial charge in [0.05, 0.1) is 13.2 Å². The molecule has 5 atom stereocenters. The molecule has 1 saturated heterocycles. The van der Waals surface area contributed by atoms with Crippen molar-refractivity contribution in [2.24, 2.45) is 11.8 Å². The van der Waals surface area contributed by atoms with Crippen molar-refractivity contribution in [3.8, 4) is 17.2 Å². The molecule has 3 aliphatic carbocycles. The number of likely N-dealkylation sites (tertiary alicyclic amines) is 1. The minimum Gasteiger partial charge on any atom is -0.508 e. The molecule has 2 saturated carbocycles. The molecule has 0 aromatic heterocycles. The van der Waals surface area contributed by atoms with Crippen molar-refractivity contribution < 1.29 is 19.4 Å². The van der Waals surface area contributed by atoms with Gasteiger partial charge in [-0.15, -0.1) is 6.58 Å². The molecule has 1 amide bonds. The van der Waals surface area contributed by atoms with E-state index in [1.54, 1.807) is 13.2 Å². The first kappa shape index (κ1) is 30.7. The monoisotopic (exact) mass is 612 g/mol. The van der Waals surface area contributed by atoms with Gasteiger partial charge < -0.3 is 19.5 Å². The molecule has 3 fully saturated rings. The first-order valence-electron chi connectivity index (χ1n) is 17.8. The Kier molecular flexibility index (Phi) is 8.87. The highest BCUT2D eigenvalue weighted by molar-refractivity contribution is 5.77. The van der Waals surface area contributed by atoms with Gasteiger partial charge in [-0.2, -0.15) is 0 Å². The molecule has 2 aromatic rings. The van der Waals surface area contributed by atoms with Gasteiger partial charge in [0.15, 0.2) is 11.5 Å². The van der Waals surface area contributed by atoms with Crippen molar-refractivity contribution >= 4 is 5.91 Å². The Hall–Kier alpha value is -2.99. The quantitative estimate of drug-likeness (QED) is 0.203. The van der Waals surface area contributed by atoms with Crippen LogP contribution < -0.4 is 9.47 Å². The predicted octanol–water partition coefficient (Wildman–Crippen LogP) is 7.21. The van der Waals surface area contributed by atoms with Crippen molar-refractivity contribution in [2.45, 2.75) is 113 Å². The first-order chi connectivity index (χ1) is 22.0. The average molecular weight is 613 g/mol. The molecule has 6 heteroatoms. The number of phenolic OH excluding ortho intramolecular Hbond substituents is 1. The number of carbonyl (C=O) groups is 1. The molecule has 7 rings (SSSR count). The molecule has 6 nitrogen and oxygen atoms in total. The molecular weight excluding hydrogens is 560 g/mol. The van der Waals surface area contributed by atoms with Crippen LogP contribution in [-0.2, 0) is 23.1 Å². The van der Waals surface area contributed by atoms with Gasteiger partial charge in [0.25, 0.3) is 0 Å². The van der Waals surface area contributed by atoms with E-state index in [4.69, 9.17) is 9.47 Å². The van der Waals surface area contributed by atoms with Crippen LogP contribution >= 0.6 is 0 Å². The number of unbranched alkanes of at least 4 members (excludes halogenated alkanes) is 2. The summed E-state index contributed by atoms with van der Waals surface area (Å²) in [5.74, 6) is 3.09. The number of phenols is 1. The minimum atomic E-state index is -0.207. The Morgan fingerprint density at radius 3 is 2.73 bits per heavy atom. The topological polar surface area (TPSA) is 62.2 Å². The van der Waals surface area contributed by atoms with Crippen molar-refractivity contribution in [1.29, 1.82) is 0 Å². The molecule has 5 aliphatic rings. The molecular formula is C39H52N2O4. The predicted molar refractivity (Wildman–Crippen MR) is 178 cm³/mol. The average Bonchev–Trinajstić information content (AvgIpc) is 3.41. The van der Waals surface area contributed by atoms with Crippen LogP contribution in [0.4, 0.5) is 0 Å². The summed E-state index contributed by atoms with van der Waals surface area (Å²) in [7, 11) is 1.67. The highest BCUT2D eigenvalue weighted by Gasteiger charge is 2.67. The van der Waals surface area contributed by atoms with E-state index in [2.05, 4.69) is 46.7 Å². The third kappa shape index (κ3) is 5.45. The van der Waals surface area contributed by atoms with Crippen LogP contribution in [-0.4, -0.2) is 65.7 Å². The van der Waals surface area contributed by atoms with Gasteiger partial charge in [0.1, 0.15) is 11.9 Å². The van der Waals surface area contributed by atoms with Crippen LogP contribution in [0.3, 0.4) is 0 Å². The Morgan fingerprint density at radius 1 is 1.13 bits per heavy atom. The number of amides is 1. The second-order valence-electron chi connectivity index (χ2n) is 14.5. The van der Waals surface area contributed by atoms with Gasteiger partial charge in [-0.05, 0) is 81.7 Å². The lowest BCUT2D eigenvalue weighted by Gasteiger charge is -2.60. The minimum absolute atomic E-state index is 0.0387. The van der Waals surface area contributed by atoms with E-state index >= 15 is 0 Å². The van der Waals surface area contributed by atoms with E-state index in [1.807, 2.05) is 6.08 Å². The number of aryl methyl sites for hydroxylation is 1. The molecule has 45 heavy (non-hydrogen) atoms. The lowest BCUT2D eigenvalue weighted by molar-refractivity contribution is -0.144. The molecule has 0 radical (unpaired) electrons. The largest absolute Gasteiger partial charge is 0.508 e. The summed E-state index contributed by atoms with van der Waals surface area (Å²) in [6.07, 6.45) is 16.9. The molecule has 2 heterocycles. The van der Waals surface area contributed by atoms with Gasteiger partial charge >= 0.3 is 0 Å². The van der Waals surface area contributed by atoms with Crippen LogP contribution in [0.2, 0.25) is 0 Å². The number of benzene rings is 2.